The highest BCUT2D eigenvalue weighted by Crippen LogP contribution is 2.09. The first-order valence-corrected chi connectivity index (χ1v) is 10.3. The van der Waals surface area contributed by atoms with E-state index in [1.54, 1.807) is 12.1 Å². The number of piperazine rings is 1. The molecule has 0 aromatic heterocycles. The highest BCUT2D eigenvalue weighted by Gasteiger charge is 2.20. The van der Waals surface area contributed by atoms with E-state index in [0.29, 0.717) is 13.0 Å². The first-order chi connectivity index (χ1) is 11.9. The lowest BCUT2D eigenvalue weighted by Gasteiger charge is -2.34. The molecule has 1 fully saturated rings. The van der Waals surface area contributed by atoms with Gasteiger partial charge in [-0.1, -0.05) is 25.5 Å². The van der Waals surface area contributed by atoms with Gasteiger partial charge < -0.3 is 10.2 Å². The minimum Gasteiger partial charge on any atom is -0.338 e. The van der Waals surface area contributed by atoms with Crippen LogP contribution < -0.4 is 10.5 Å². The van der Waals surface area contributed by atoms with Gasteiger partial charge in [0, 0.05) is 32.7 Å². The van der Waals surface area contributed by atoms with Gasteiger partial charge in [-0.2, -0.15) is 0 Å². The van der Waals surface area contributed by atoms with E-state index in [1.807, 2.05) is 4.90 Å². The number of nitrogens with two attached hydrogens (primary N) is 1. The van der Waals surface area contributed by atoms with Crippen LogP contribution in [0.25, 0.3) is 0 Å². The number of hydrogen-bond donors (Lipinski definition) is 2. The molecule has 0 atom stereocenters. The maximum Gasteiger partial charge on any atom is 0.317 e. The number of nitrogens with zero attached hydrogens (tertiary/aromatic N) is 2. The molecule has 1 aromatic rings. The molecule has 0 aliphatic carbocycles. The minimum atomic E-state index is -3.66. The number of primary sulfonamides is 1. The summed E-state index contributed by atoms with van der Waals surface area (Å²) in [6.07, 6.45) is 3.04. The molecular formula is C17H28N4O3S. The molecule has 2 rings (SSSR count). The van der Waals surface area contributed by atoms with Gasteiger partial charge in [0.25, 0.3) is 0 Å². The van der Waals surface area contributed by atoms with E-state index in [4.69, 9.17) is 5.14 Å². The van der Waals surface area contributed by atoms with Crippen LogP contribution in [-0.4, -0.2) is 63.5 Å². The third kappa shape index (κ3) is 6.30. The van der Waals surface area contributed by atoms with Gasteiger partial charge in [0.15, 0.2) is 0 Å². The van der Waals surface area contributed by atoms with Crippen molar-refractivity contribution >= 4 is 16.1 Å². The van der Waals surface area contributed by atoms with Crippen molar-refractivity contribution < 1.29 is 13.2 Å². The molecule has 8 heteroatoms. The van der Waals surface area contributed by atoms with E-state index in [1.165, 1.54) is 25.0 Å². The Labute approximate surface area is 150 Å². The summed E-state index contributed by atoms with van der Waals surface area (Å²) in [6.45, 7) is 7.21. The fourth-order valence-corrected chi connectivity index (χ4v) is 3.34. The molecular weight excluding hydrogens is 340 g/mol. The molecule has 0 radical (unpaired) electrons. The number of carbonyl (C=O) groups excluding carboxylic acids is 1. The number of hydrogen-bond acceptors (Lipinski definition) is 4. The van der Waals surface area contributed by atoms with Crippen molar-refractivity contribution in [2.45, 2.75) is 31.1 Å². The zero-order chi connectivity index (χ0) is 18.3. The quantitative estimate of drug-likeness (QED) is 0.751. The van der Waals surface area contributed by atoms with Crippen LogP contribution in [0.5, 0.6) is 0 Å². The second-order valence-electron chi connectivity index (χ2n) is 6.35. The molecule has 0 saturated carbocycles. The maximum atomic E-state index is 12.2. The van der Waals surface area contributed by atoms with Crippen molar-refractivity contribution in [1.29, 1.82) is 0 Å². The van der Waals surface area contributed by atoms with Gasteiger partial charge in [-0.3, -0.25) is 4.90 Å². The fourth-order valence-electron chi connectivity index (χ4n) is 2.83. The van der Waals surface area contributed by atoms with E-state index in [9.17, 15) is 13.2 Å². The number of urea groups is 1. The Hall–Kier alpha value is -1.64. The summed E-state index contributed by atoms with van der Waals surface area (Å²) in [4.78, 5) is 16.6. The Morgan fingerprint density at radius 3 is 2.36 bits per heavy atom. The van der Waals surface area contributed by atoms with Crippen LogP contribution in [-0.2, 0) is 16.4 Å². The first-order valence-electron chi connectivity index (χ1n) is 8.77. The summed E-state index contributed by atoms with van der Waals surface area (Å²) in [5.74, 6) is 0. The third-order valence-electron chi connectivity index (χ3n) is 4.43. The van der Waals surface area contributed by atoms with Gasteiger partial charge >= 0.3 is 6.03 Å². The predicted octanol–water partition coefficient (Wildman–Crippen LogP) is 1.00. The van der Waals surface area contributed by atoms with Crippen LogP contribution in [0.4, 0.5) is 4.79 Å². The predicted molar refractivity (Wildman–Crippen MR) is 97.8 cm³/mol. The zero-order valence-corrected chi connectivity index (χ0v) is 15.6. The molecule has 0 bridgehead atoms. The van der Waals surface area contributed by atoms with Crippen LogP contribution in [0.3, 0.4) is 0 Å². The smallest absolute Gasteiger partial charge is 0.317 e. The first kappa shape index (κ1) is 19.7. The number of unbranched alkanes of at least 4 members (excludes halogenated alkanes) is 1. The van der Waals surface area contributed by atoms with Crippen molar-refractivity contribution in [2.75, 3.05) is 39.3 Å². The largest absolute Gasteiger partial charge is 0.338 e. The molecule has 140 valence electrons. The van der Waals surface area contributed by atoms with E-state index < -0.39 is 10.0 Å². The average Bonchev–Trinajstić information content (AvgIpc) is 2.60. The van der Waals surface area contributed by atoms with Crippen molar-refractivity contribution in [3.63, 3.8) is 0 Å². The molecule has 0 spiro atoms. The van der Waals surface area contributed by atoms with Crippen LogP contribution in [0.1, 0.15) is 25.3 Å². The number of benzene rings is 1. The standard InChI is InChI=1S/C17H28N4O3S/c1-2-3-10-20-11-13-21(14-12-20)17(22)19-9-8-15-4-6-16(7-5-15)25(18,23)24/h4-7H,2-3,8-14H2,1H3,(H,19,22)(H2,18,23,24). The van der Waals surface area contributed by atoms with Gasteiger partial charge in [0.2, 0.25) is 10.0 Å². The second-order valence-corrected chi connectivity index (χ2v) is 7.91. The molecule has 1 aliphatic heterocycles. The summed E-state index contributed by atoms with van der Waals surface area (Å²) in [5, 5.41) is 8.00. The highest BCUT2D eigenvalue weighted by molar-refractivity contribution is 7.89. The molecule has 0 unspecified atom stereocenters. The van der Waals surface area contributed by atoms with Crippen LogP contribution in [0.15, 0.2) is 29.2 Å². The Morgan fingerprint density at radius 2 is 1.80 bits per heavy atom. The van der Waals surface area contributed by atoms with Gasteiger partial charge in [-0.15, -0.1) is 0 Å². The highest BCUT2D eigenvalue weighted by atomic mass is 32.2. The van der Waals surface area contributed by atoms with Crippen molar-refractivity contribution in [3.8, 4) is 0 Å². The lowest BCUT2D eigenvalue weighted by molar-refractivity contribution is 0.138. The molecule has 7 nitrogen and oxygen atoms in total. The molecule has 3 N–H and O–H groups in total. The normalized spacial score (nSPS) is 16.0. The summed E-state index contributed by atoms with van der Waals surface area (Å²) < 4.78 is 22.4. The Morgan fingerprint density at radius 1 is 1.16 bits per heavy atom. The maximum absolute atomic E-state index is 12.2. The molecule has 25 heavy (non-hydrogen) atoms. The number of nitrogens with one attached hydrogen (secondary N) is 1. The monoisotopic (exact) mass is 368 g/mol. The zero-order valence-electron chi connectivity index (χ0n) is 14.8. The van der Waals surface area contributed by atoms with Crippen LogP contribution >= 0.6 is 0 Å². The van der Waals surface area contributed by atoms with Crippen LogP contribution in [0.2, 0.25) is 0 Å². The van der Waals surface area contributed by atoms with E-state index in [2.05, 4.69) is 17.1 Å². The van der Waals surface area contributed by atoms with Crippen LogP contribution in [0, 0.1) is 0 Å². The van der Waals surface area contributed by atoms with Crippen molar-refractivity contribution in [2.24, 2.45) is 5.14 Å². The number of amides is 2. The number of rotatable bonds is 7. The molecule has 1 aromatic carbocycles. The van der Waals surface area contributed by atoms with Gasteiger partial charge in [0.05, 0.1) is 4.90 Å². The lowest BCUT2D eigenvalue weighted by atomic mass is 10.1. The van der Waals surface area contributed by atoms with E-state index in [0.717, 1.165) is 38.3 Å². The number of sulfonamides is 1. The Balaban J connectivity index is 1.70. The fraction of sp³-hybridized carbons (Fsp3) is 0.588. The minimum absolute atomic E-state index is 0.0312. The summed E-state index contributed by atoms with van der Waals surface area (Å²) in [7, 11) is -3.66. The van der Waals surface area contributed by atoms with Crippen molar-refractivity contribution in [3.05, 3.63) is 29.8 Å². The Kier molecular flexibility index (Phi) is 7.22. The summed E-state index contributed by atoms with van der Waals surface area (Å²) in [5.41, 5.74) is 0.956. The van der Waals surface area contributed by atoms with Gasteiger partial charge in [-0.05, 0) is 37.1 Å². The van der Waals surface area contributed by atoms with Gasteiger partial charge in [-0.25, -0.2) is 18.4 Å². The average molecular weight is 369 g/mol. The molecule has 2 amide bonds. The molecule has 1 saturated heterocycles. The number of carbonyl (C=O) groups is 1. The topological polar surface area (TPSA) is 95.7 Å². The SMILES string of the molecule is CCCCN1CCN(C(=O)NCCc2ccc(S(N)(=O)=O)cc2)CC1. The lowest BCUT2D eigenvalue weighted by Crippen LogP contribution is -2.52. The summed E-state index contributed by atoms with van der Waals surface area (Å²) in [6, 6.07) is 6.39. The van der Waals surface area contributed by atoms with E-state index >= 15 is 0 Å². The third-order valence-corrected chi connectivity index (χ3v) is 5.36. The van der Waals surface area contributed by atoms with E-state index in [-0.39, 0.29) is 10.9 Å². The second kappa shape index (κ2) is 9.17. The molecule has 1 aliphatic rings. The molecule has 1 heterocycles. The van der Waals surface area contributed by atoms with Crippen molar-refractivity contribution in [1.82, 2.24) is 15.1 Å². The van der Waals surface area contributed by atoms with Gasteiger partial charge in [0.1, 0.15) is 0 Å². The Bertz CT molecular complexity index is 653. The summed E-state index contributed by atoms with van der Waals surface area (Å²) >= 11 is 0.